The predicted octanol–water partition coefficient (Wildman–Crippen LogP) is 6.43. The van der Waals surface area contributed by atoms with Crippen LogP contribution < -0.4 is 10.1 Å². The van der Waals surface area contributed by atoms with E-state index in [9.17, 15) is 4.79 Å². The first-order chi connectivity index (χ1) is 18.5. The van der Waals surface area contributed by atoms with E-state index in [4.69, 9.17) is 9.84 Å². The topological polar surface area (TPSA) is 64.3 Å². The molecule has 0 bridgehead atoms. The summed E-state index contributed by atoms with van der Waals surface area (Å²) in [6.45, 7) is 4.47. The van der Waals surface area contributed by atoms with Gasteiger partial charge in [-0.3, -0.25) is 0 Å². The van der Waals surface area contributed by atoms with Crippen molar-refractivity contribution < 1.29 is 9.53 Å². The standard InChI is InChI=1S/C31H29N5O2/c1-21-10-7-11-23(18-21)29-28-16-9-17-34(28)30-27(22(2)33-36(30)25-13-5-4-6-14-25)20-35(29)31(37)32-24-12-8-15-26(19-24)38-3/h4-19,29H,20H2,1-3H3,(H,32,37)/t29-/m1/s1. The number of hydrogen-bond donors (Lipinski definition) is 1. The number of carbonyl (C=O) groups is 1. The van der Waals surface area contributed by atoms with Crippen molar-refractivity contribution in [3.63, 3.8) is 0 Å². The second-order valence-corrected chi connectivity index (χ2v) is 9.54. The number of carbonyl (C=O) groups excluding carboxylic acids is 1. The molecule has 7 heteroatoms. The fourth-order valence-corrected chi connectivity index (χ4v) is 5.24. The monoisotopic (exact) mass is 503 g/mol. The van der Waals surface area contributed by atoms with Crippen molar-refractivity contribution in [2.45, 2.75) is 26.4 Å². The maximum Gasteiger partial charge on any atom is 0.322 e. The zero-order valence-corrected chi connectivity index (χ0v) is 21.6. The smallest absolute Gasteiger partial charge is 0.322 e. The molecule has 0 saturated carbocycles. The molecule has 3 heterocycles. The summed E-state index contributed by atoms with van der Waals surface area (Å²) in [5.74, 6) is 1.63. The molecular formula is C31H29N5O2. The maximum absolute atomic E-state index is 14.1. The summed E-state index contributed by atoms with van der Waals surface area (Å²) >= 11 is 0. The van der Waals surface area contributed by atoms with Crippen LogP contribution in [0.2, 0.25) is 0 Å². The fourth-order valence-electron chi connectivity index (χ4n) is 5.24. The van der Waals surface area contributed by atoms with Gasteiger partial charge in [-0.25, -0.2) is 9.48 Å². The largest absolute Gasteiger partial charge is 0.497 e. The van der Waals surface area contributed by atoms with Gasteiger partial charge in [0, 0.05) is 23.5 Å². The molecule has 1 N–H and O–H groups in total. The van der Waals surface area contributed by atoms with Crippen LogP contribution in [0, 0.1) is 13.8 Å². The van der Waals surface area contributed by atoms with Gasteiger partial charge in [0.1, 0.15) is 11.6 Å². The zero-order chi connectivity index (χ0) is 26.2. The van der Waals surface area contributed by atoms with Crippen molar-refractivity contribution in [2.24, 2.45) is 0 Å². The fraction of sp³-hybridized carbons (Fsp3) is 0.161. The van der Waals surface area contributed by atoms with E-state index in [1.807, 2.05) is 83.2 Å². The van der Waals surface area contributed by atoms with Crippen LogP contribution >= 0.6 is 0 Å². The predicted molar refractivity (Wildman–Crippen MR) is 148 cm³/mol. The number of hydrogen-bond acceptors (Lipinski definition) is 3. The normalized spacial score (nSPS) is 14.4. The Morgan fingerprint density at radius 2 is 1.76 bits per heavy atom. The third-order valence-corrected chi connectivity index (χ3v) is 7.03. The third-order valence-electron chi connectivity index (χ3n) is 7.03. The van der Waals surface area contributed by atoms with Gasteiger partial charge in [-0.1, -0.05) is 54.1 Å². The highest BCUT2D eigenvalue weighted by molar-refractivity contribution is 5.90. The number of rotatable bonds is 4. The summed E-state index contributed by atoms with van der Waals surface area (Å²) in [5, 5.41) is 8.03. The van der Waals surface area contributed by atoms with Gasteiger partial charge in [0.05, 0.1) is 36.8 Å². The maximum atomic E-state index is 14.1. The van der Waals surface area contributed by atoms with Crippen LogP contribution in [0.15, 0.2) is 97.2 Å². The van der Waals surface area contributed by atoms with Crippen LogP contribution in [0.4, 0.5) is 10.5 Å². The Morgan fingerprint density at radius 3 is 2.55 bits per heavy atom. The van der Waals surface area contributed by atoms with Gasteiger partial charge in [-0.05, 0) is 55.8 Å². The highest BCUT2D eigenvalue weighted by Crippen LogP contribution is 2.39. The number of amides is 2. The van der Waals surface area contributed by atoms with Crippen molar-refractivity contribution in [1.82, 2.24) is 19.2 Å². The lowest BCUT2D eigenvalue weighted by molar-refractivity contribution is 0.194. The average Bonchev–Trinajstić information content (AvgIpc) is 3.49. The Labute approximate surface area is 221 Å². The van der Waals surface area contributed by atoms with Crippen LogP contribution in [0.5, 0.6) is 5.75 Å². The van der Waals surface area contributed by atoms with Crippen molar-refractivity contribution in [1.29, 1.82) is 0 Å². The van der Waals surface area contributed by atoms with Crippen molar-refractivity contribution in [3.05, 3.63) is 125 Å². The second kappa shape index (κ2) is 9.59. The van der Waals surface area contributed by atoms with Crippen LogP contribution in [-0.4, -0.2) is 32.4 Å². The van der Waals surface area contributed by atoms with Gasteiger partial charge >= 0.3 is 6.03 Å². The Balaban J connectivity index is 1.52. The minimum Gasteiger partial charge on any atom is -0.497 e. The van der Waals surface area contributed by atoms with Crippen molar-refractivity contribution in [2.75, 3.05) is 12.4 Å². The Hall–Kier alpha value is -4.78. The molecule has 1 aliphatic heterocycles. The number of para-hydroxylation sites is 1. The van der Waals surface area contributed by atoms with E-state index in [1.54, 1.807) is 7.11 Å². The Kier molecular flexibility index (Phi) is 5.96. The molecule has 190 valence electrons. The number of urea groups is 1. The highest BCUT2D eigenvalue weighted by atomic mass is 16.5. The highest BCUT2D eigenvalue weighted by Gasteiger charge is 2.36. The molecule has 0 aliphatic carbocycles. The molecular weight excluding hydrogens is 474 g/mol. The van der Waals surface area contributed by atoms with E-state index in [0.717, 1.165) is 39.6 Å². The molecule has 0 fully saturated rings. The first-order valence-corrected chi connectivity index (χ1v) is 12.6. The number of aromatic nitrogens is 3. The lowest BCUT2D eigenvalue weighted by Gasteiger charge is -2.31. The van der Waals surface area contributed by atoms with Crippen LogP contribution in [0.3, 0.4) is 0 Å². The van der Waals surface area contributed by atoms with Crippen LogP contribution in [-0.2, 0) is 6.54 Å². The number of nitrogens with zero attached hydrogens (tertiary/aromatic N) is 4. The van der Waals surface area contributed by atoms with Gasteiger partial charge in [0.25, 0.3) is 0 Å². The Bertz CT molecular complexity index is 1620. The molecule has 3 aromatic carbocycles. The number of nitrogens with one attached hydrogen (secondary N) is 1. The third kappa shape index (κ3) is 4.12. The first kappa shape index (κ1) is 23.6. The van der Waals surface area contributed by atoms with E-state index < -0.39 is 0 Å². The summed E-state index contributed by atoms with van der Waals surface area (Å²) < 4.78 is 9.52. The minimum absolute atomic E-state index is 0.197. The molecule has 6 rings (SSSR count). The number of ether oxygens (including phenoxy) is 1. The molecule has 0 saturated heterocycles. The van der Waals surface area contributed by atoms with Gasteiger partial charge in [-0.2, -0.15) is 5.10 Å². The molecule has 0 spiro atoms. The Morgan fingerprint density at radius 1 is 0.947 bits per heavy atom. The van der Waals surface area contributed by atoms with Gasteiger partial charge < -0.3 is 19.5 Å². The molecule has 1 aliphatic rings. The SMILES string of the molecule is COc1cccc(NC(=O)N2Cc3c(C)nn(-c4ccccc4)c3-n3cccc3[C@H]2c2cccc(C)c2)c1. The molecule has 2 aromatic heterocycles. The van der Waals surface area contributed by atoms with E-state index in [2.05, 4.69) is 47.3 Å². The van der Waals surface area contributed by atoms with Crippen molar-refractivity contribution >= 4 is 11.7 Å². The van der Waals surface area contributed by atoms with Crippen LogP contribution in [0.25, 0.3) is 11.5 Å². The number of aryl methyl sites for hydroxylation is 2. The molecule has 2 amide bonds. The number of methoxy groups -OCH3 is 1. The van der Waals surface area contributed by atoms with Gasteiger partial charge in [-0.15, -0.1) is 0 Å². The van der Waals surface area contributed by atoms with E-state index >= 15 is 0 Å². The summed E-state index contributed by atoms with van der Waals surface area (Å²) in [7, 11) is 1.62. The lowest BCUT2D eigenvalue weighted by atomic mass is 10.00. The lowest BCUT2D eigenvalue weighted by Crippen LogP contribution is -2.38. The van der Waals surface area contributed by atoms with Crippen molar-refractivity contribution in [3.8, 4) is 17.3 Å². The van der Waals surface area contributed by atoms with Gasteiger partial charge in [0.15, 0.2) is 0 Å². The molecule has 1 atom stereocenters. The molecule has 38 heavy (non-hydrogen) atoms. The minimum atomic E-state index is -0.313. The zero-order valence-electron chi connectivity index (χ0n) is 21.6. The summed E-state index contributed by atoms with van der Waals surface area (Å²) in [6, 6.07) is 29.5. The molecule has 5 aromatic rings. The van der Waals surface area contributed by atoms with E-state index in [1.165, 1.54) is 0 Å². The summed E-state index contributed by atoms with van der Waals surface area (Å²) in [5.41, 5.74) is 6.71. The number of anilines is 1. The molecule has 7 nitrogen and oxygen atoms in total. The summed E-state index contributed by atoms with van der Waals surface area (Å²) in [4.78, 5) is 16.0. The molecule has 0 unspecified atom stereocenters. The number of benzene rings is 3. The van der Waals surface area contributed by atoms with Gasteiger partial charge in [0.2, 0.25) is 0 Å². The summed E-state index contributed by atoms with van der Waals surface area (Å²) in [6.07, 6.45) is 2.06. The first-order valence-electron chi connectivity index (χ1n) is 12.6. The van der Waals surface area contributed by atoms with E-state index in [0.29, 0.717) is 18.0 Å². The van der Waals surface area contributed by atoms with E-state index in [-0.39, 0.29) is 12.1 Å². The number of fused-ring (bicyclic) bond motifs is 3. The molecule has 0 radical (unpaired) electrons. The quantitative estimate of drug-likeness (QED) is 0.308. The second-order valence-electron chi connectivity index (χ2n) is 9.54. The van der Waals surface area contributed by atoms with Crippen LogP contribution in [0.1, 0.15) is 34.1 Å². The average molecular weight is 504 g/mol.